The molecule has 0 aliphatic carbocycles. The van der Waals surface area contributed by atoms with E-state index in [1.165, 1.54) is 34.0 Å². The molecule has 1 saturated heterocycles. The van der Waals surface area contributed by atoms with E-state index in [9.17, 15) is 12.8 Å². The van der Waals surface area contributed by atoms with Gasteiger partial charge in [-0.15, -0.1) is 11.3 Å². The largest absolute Gasteiger partial charge is 0.355 e. The third kappa shape index (κ3) is 3.67. The van der Waals surface area contributed by atoms with Crippen LogP contribution >= 0.6 is 11.3 Å². The highest BCUT2D eigenvalue weighted by atomic mass is 32.2. The lowest BCUT2D eigenvalue weighted by atomic mass is 10.1. The summed E-state index contributed by atoms with van der Waals surface area (Å²) in [5.41, 5.74) is 1.88. The number of anilines is 1. The fourth-order valence-electron chi connectivity index (χ4n) is 3.38. The molecule has 0 unspecified atom stereocenters. The van der Waals surface area contributed by atoms with E-state index < -0.39 is 10.0 Å². The van der Waals surface area contributed by atoms with Gasteiger partial charge in [0.1, 0.15) is 22.8 Å². The van der Waals surface area contributed by atoms with Crippen molar-refractivity contribution in [3.8, 4) is 11.1 Å². The first-order valence-corrected chi connectivity index (χ1v) is 11.3. The average molecular weight is 407 g/mol. The lowest BCUT2D eigenvalue weighted by Gasteiger charge is -2.23. The van der Waals surface area contributed by atoms with Gasteiger partial charge in [-0.2, -0.15) is 0 Å². The Bertz CT molecular complexity index is 1070. The Kier molecular flexibility index (Phi) is 4.83. The lowest BCUT2D eigenvalue weighted by Crippen LogP contribution is -2.34. The molecule has 6 nitrogen and oxygen atoms in total. The molecule has 1 fully saturated rings. The van der Waals surface area contributed by atoms with Crippen molar-refractivity contribution in [1.29, 1.82) is 0 Å². The summed E-state index contributed by atoms with van der Waals surface area (Å²) in [6, 6.07) is 6.39. The van der Waals surface area contributed by atoms with Crippen molar-refractivity contribution in [2.24, 2.45) is 0 Å². The number of nitrogens with zero attached hydrogens (tertiary/aromatic N) is 4. The van der Waals surface area contributed by atoms with Gasteiger partial charge >= 0.3 is 0 Å². The molecule has 0 amide bonds. The van der Waals surface area contributed by atoms with E-state index in [0.717, 1.165) is 40.1 Å². The molecule has 1 aliphatic rings. The van der Waals surface area contributed by atoms with Gasteiger partial charge in [-0.05, 0) is 24.1 Å². The molecule has 3 aromatic rings. The molecule has 142 valence electrons. The third-order valence-corrected chi connectivity index (χ3v) is 6.92. The van der Waals surface area contributed by atoms with Crippen molar-refractivity contribution in [3.63, 3.8) is 0 Å². The van der Waals surface area contributed by atoms with Crippen LogP contribution in [0.5, 0.6) is 0 Å². The smallest absolute Gasteiger partial charge is 0.211 e. The van der Waals surface area contributed by atoms with Crippen molar-refractivity contribution in [3.05, 3.63) is 41.8 Å². The molecule has 0 spiro atoms. The second kappa shape index (κ2) is 7.14. The molecular weight excluding hydrogens is 387 g/mol. The standard InChI is InChI=1S/C18H19FN4O2S2/c1-27(24,25)23-8-2-7-22(9-10-23)17-16-15(11-26-18(16)21-12-20-17)13-3-5-14(19)6-4-13/h3-6,11-12H,2,7-10H2,1H3. The van der Waals surface area contributed by atoms with E-state index in [1.54, 1.807) is 18.5 Å². The molecule has 0 N–H and O–H groups in total. The fraction of sp³-hybridized carbons (Fsp3) is 0.333. The van der Waals surface area contributed by atoms with Crippen LogP contribution in [0, 0.1) is 5.82 Å². The summed E-state index contributed by atoms with van der Waals surface area (Å²) in [6.45, 7) is 2.23. The van der Waals surface area contributed by atoms with Crippen LogP contribution < -0.4 is 4.90 Å². The van der Waals surface area contributed by atoms with Crippen LogP contribution in [0.4, 0.5) is 10.2 Å². The maximum Gasteiger partial charge on any atom is 0.211 e. The predicted molar refractivity (Wildman–Crippen MR) is 106 cm³/mol. The Labute approximate surface area is 161 Å². The average Bonchev–Trinajstić information content (AvgIpc) is 2.90. The van der Waals surface area contributed by atoms with E-state index >= 15 is 0 Å². The summed E-state index contributed by atoms with van der Waals surface area (Å²) in [7, 11) is -3.20. The number of hydrogen-bond donors (Lipinski definition) is 0. The van der Waals surface area contributed by atoms with Gasteiger partial charge in [-0.3, -0.25) is 0 Å². The molecule has 4 rings (SSSR count). The topological polar surface area (TPSA) is 66.4 Å². The van der Waals surface area contributed by atoms with Gasteiger partial charge in [0, 0.05) is 37.1 Å². The van der Waals surface area contributed by atoms with Gasteiger partial charge < -0.3 is 4.90 Å². The number of aromatic nitrogens is 2. The van der Waals surface area contributed by atoms with Gasteiger partial charge in [0.05, 0.1) is 11.6 Å². The molecule has 9 heteroatoms. The molecule has 3 heterocycles. The van der Waals surface area contributed by atoms with E-state index in [0.29, 0.717) is 19.6 Å². The van der Waals surface area contributed by atoms with Gasteiger partial charge in [-0.1, -0.05) is 12.1 Å². The second-order valence-electron chi connectivity index (χ2n) is 6.54. The van der Waals surface area contributed by atoms with Crippen LogP contribution in [0.3, 0.4) is 0 Å². The number of fused-ring (bicyclic) bond motifs is 1. The molecule has 1 aliphatic heterocycles. The van der Waals surface area contributed by atoms with E-state index in [2.05, 4.69) is 14.9 Å². The van der Waals surface area contributed by atoms with Crippen LogP contribution in [0.1, 0.15) is 6.42 Å². The van der Waals surface area contributed by atoms with Crippen LogP contribution in [0.2, 0.25) is 0 Å². The zero-order chi connectivity index (χ0) is 19.0. The maximum absolute atomic E-state index is 13.3. The van der Waals surface area contributed by atoms with Crippen LogP contribution in [-0.4, -0.2) is 55.1 Å². The highest BCUT2D eigenvalue weighted by molar-refractivity contribution is 7.88. The molecule has 2 aromatic heterocycles. The van der Waals surface area contributed by atoms with Crippen molar-refractivity contribution in [2.75, 3.05) is 37.3 Å². The minimum atomic E-state index is -3.20. The van der Waals surface area contributed by atoms with Crippen LogP contribution in [-0.2, 0) is 10.0 Å². The lowest BCUT2D eigenvalue weighted by molar-refractivity contribution is 0.437. The van der Waals surface area contributed by atoms with Gasteiger partial charge in [0.15, 0.2) is 0 Å². The number of halogens is 1. The number of sulfonamides is 1. The second-order valence-corrected chi connectivity index (χ2v) is 9.38. The van der Waals surface area contributed by atoms with E-state index in [1.807, 2.05) is 5.38 Å². The summed E-state index contributed by atoms with van der Waals surface area (Å²) in [6.07, 6.45) is 3.52. The van der Waals surface area contributed by atoms with Crippen LogP contribution in [0.25, 0.3) is 21.3 Å². The van der Waals surface area contributed by atoms with E-state index in [4.69, 9.17) is 0 Å². The fourth-order valence-corrected chi connectivity index (χ4v) is 5.16. The molecule has 0 radical (unpaired) electrons. The number of benzene rings is 1. The van der Waals surface area contributed by atoms with Crippen molar-refractivity contribution < 1.29 is 12.8 Å². The van der Waals surface area contributed by atoms with Crippen molar-refractivity contribution in [2.45, 2.75) is 6.42 Å². The van der Waals surface area contributed by atoms with Gasteiger partial charge in [0.2, 0.25) is 10.0 Å². The molecule has 0 saturated carbocycles. The zero-order valence-electron chi connectivity index (χ0n) is 14.8. The van der Waals surface area contributed by atoms with Gasteiger partial charge in [-0.25, -0.2) is 27.1 Å². The number of hydrogen-bond acceptors (Lipinski definition) is 6. The molecule has 27 heavy (non-hydrogen) atoms. The molecular formula is C18H19FN4O2S2. The monoisotopic (exact) mass is 406 g/mol. The first-order chi connectivity index (χ1) is 12.9. The molecule has 0 bridgehead atoms. The highest BCUT2D eigenvalue weighted by Gasteiger charge is 2.24. The molecule has 0 atom stereocenters. The summed E-state index contributed by atoms with van der Waals surface area (Å²) in [4.78, 5) is 11.9. The Hall–Kier alpha value is -2.10. The van der Waals surface area contributed by atoms with Crippen molar-refractivity contribution in [1.82, 2.24) is 14.3 Å². The maximum atomic E-state index is 13.3. The third-order valence-electron chi connectivity index (χ3n) is 4.73. The summed E-state index contributed by atoms with van der Waals surface area (Å²) in [5.74, 6) is 0.527. The van der Waals surface area contributed by atoms with Crippen molar-refractivity contribution >= 4 is 37.4 Å². The summed E-state index contributed by atoms with van der Waals surface area (Å²) in [5, 5.41) is 2.94. The highest BCUT2D eigenvalue weighted by Crippen LogP contribution is 2.38. The summed E-state index contributed by atoms with van der Waals surface area (Å²) >= 11 is 1.52. The minimum Gasteiger partial charge on any atom is -0.355 e. The van der Waals surface area contributed by atoms with Crippen LogP contribution in [0.15, 0.2) is 36.0 Å². The first-order valence-electron chi connectivity index (χ1n) is 8.62. The SMILES string of the molecule is CS(=O)(=O)N1CCCN(c2ncnc3scc(-c4ccc(F)cc4)c23)CC1. The quantitative estimate of drug-likeness (QED) is 0.669. The summed E-state index contributed by atoms with van der Waals surface area (Å²) < 4.78 is 38.6. The Balaban J connectivity index is 1.74. The number of thiophene rings is 1. The van der Waals surface area contributed by atoms with E-state index in [-0.39, 0.29) is 5.82 Å². The Morgan fingerprint density at radius 3 is 2.59 bits per heavy atom. The Morgan fingerprint density at radius 2 is 1.85 bits per heavy atom. The number of rotatable bonds is 3. The predicted octanol–water partition coefficient (Wildman–Crippen LogP) is 2.97. The first kappa shape index (κ1) is 18.3. The normalized spacial score (nSPS) is 16.6. The van der Waals surface area contributed by atoms with Gasteiger partial charge in [0.25, 0.3) is 0 Å². The minimum absolute atomic E-state index is 0.275. The Morgan fingerprint density at radius 1 is 1.07 bits per heavy atom. The molecule has 1 aromatic carbocycles. The zero-order valence-corrected chi connectivity index (χ0v) is 16.4.